The van der Waals surface area contributed by atoms with E-state index in [1.807, 2.05) is 0 Å². The van der Waals surface area contributed by atoms with Gasteiger partial charge in [-0.05, 0) is 12.5 Å². The highest BCUT2D eigenvalue weighted by Crippen LogP contribution is 2.36. The Labute approximate surface area is 125 Å². The summed E-state index contributed by atoms with van der Waals surface area (Å²) >= 11 is 0. The number of nitrogens with zero attached hydrogens (tertiary/aromatic N) is 1. The van der Waals surface area contributed by atoms with Crippen LogP contribution in [0, 0.1) is 0 Å². The number of benzene rings is 1. The van der Waals surface area contributed by atoms with E-state index in [4.69, 9.17) is 0 Å². The van der Waals surface area contributed by atoms with Crippen LogP contribution >= 0.6 is 0 Å². The second-order valence-corrected chi connectivity index (χ2v) is 5.66. The molecule has 2 atom stereocenters. The van der Waals surface area contributed by atoms with Crippen molar-refractivity contribution in [3.8, 4) is 0 Å². The number of hydrogen-bond acceptors (Lipinski definition) is 3. The van der Waals surface area contributed by atoms with Crippen molar-refractivity contribution in [3.63, 3.8) is 0 Å². The summed E-state index contributed by atoms with van der Waals surface area (Å²) in [6.45, 7) is 0.943. The highest BCUT2D eigenvalue weighted by Gasteiger charge is 2.50. The fraction of sp³-hybridized carbons (Fsp3) is 0.467. The summed E-state index contributed by atoms with van der Waals surface area (Å²) in [4.78, 5) is 25.2. The minimum Gasteiger partial charge on any atom is -0.391 e. The number of hydrogen-bond donors (Lipinski definition) is 1. The quantitative estimate of drug-likeness (QED) is 0.865. The first-order chi connectivity index (χ1) is 10.1. The molecule has 1 heterocycles. The molecule has 0 saturated carbocycles. The van der Waals surface area contributed by atoms with Gasteiger partial charge >= 0.3 is 6.18 Å². The first kappa shape index (κ1) is 16.5. The molecular weight excluding hydrogens is 299 g/mol. The van der Waals surface area contributed by atoms with Crippen LogP contribution in [0.2, 0.25) is 0 Å². The van der Waals surface area contributed by atoms with Gasteiger partial charge < -0.3 is 5.11 Å². The number of β-amino-alcohol motifs (C(OH)–C–C–N with tert-alkyl or cyclic N) is 1. The van der Waals surface area contributed by atoms with Gasteiger partial charge in [0.2, 0.25) is 11.8 Å². The Morgan fingerprint density at radius 2 is 1.86 bits per heavy atom. The van der Waals surface area contributed by atoms with Crippen LogP contribution in [0.15, 0.2) is 30.3 Å². The highest BCUT2D eigenvalue weighted by atomic mass is 19.4. The zero-order chi connectivity index (χ0) is 16.5. The summed E-state index contributed by atoms with van der Waals surface area (Å²) in [5.74, 6) is -1.15. The minimum absolute atomic E-state index is 0.116. The molecule has 4 nitrogen and oxygen atoms in total. The Morgan fingerprint density at radius 3 is 2.41 bits per heavy atom. The second-order valence-electron chi connectivity index (χ2n) is 5.66. The number of carbonyl (C=O) groups excluding carboxylic acids is 2. The number of aliphatic hydroxyl groups is 1. The van der Waals surface area contributed by atoms with Crippen LogP contribution in [0.4, 0.5) is 13.2 Å². The molecule has 0 spiro atoms. The largest absolute Gasteiger partial charge is 0.391 e. The smallest absolute Gasteiger partial charge is 0.391 e. The summed E-state index contributed by atoms with van der Waals surface area (Å²) in [5.41, 5.74) is -0.475. The summed E-state index contributed by atoms with van der Waals surface area (Å²) < 4.78 is 36.7. The molecule has 0 aliphatic carbocycles. The van der Waals surface area contributed by atoms with E-state index in [-0.39, 0.29) is 6.42 Å². The lowest BCUT2D eigenvalue weighted by molar-refractivity contribution is -0.160. The van der Waals surface area contributed by atoms with Crippen molar-refractivity contribution in [2.75, 3.05) is 6.54 Å². The molecule has 2 amide bonds. The Morgan fingerprint density at radius 1 is 1.27 bits per heavy atom. The van der Waals surface area contributed by atoms with Crippen molar-refractivity contribution >= 4 is 11.8 Å². The van der Waals surface area contributed by atoms with E-state index in [0.717, 1.165) is 4.90 Å². The number of rotatable bonds is 4. The number of amides is 2. The maximum absolute atomic E-state index is 12.5. The molecule has 1 fully saturated rings. The van der Waals surface area contributed by atoms with Crippen LogP contribution in [0.5, 0.6) is 0 Å². The summed E-state index contributed by atoms with van der Waals surface area (Å²) in [7, 11) is 0. The average molecular weight is 315 g/mol. The average Bonchev–Trinajstić information content (AvgIpc) is 2.62. The molecule has 1 N–H and O–H groups in total. The summed E-state index contributed by atoms with van der Waals surface area (Å²) in [5, 5.41) is 9.46. The van der Waals surface area contributed by atoms with Crippen molar-refractivity contribution in [1.29, 1.82) is 0 Å². The van der Waals surface area contributed by atoms with Crippen molar-refractivity contribution < 1.29 is 27.9 Å². The molecule has 1 aliphatic rings. The Bertz CT molecular complexity index is 573. The minimum atomic E-state index is -4.55. The van der Waals surface area contributed by atoms with E-state index in [1.165, 1.54) is 0 Å². The van der Waals surface area contributed by atoms with Gasteiger partial charge in [-0.1, -0.05) is 30.3 Å². The SMILES string of the molecule is C[C@]1(c2ccccc2)CC(=O)N(C[C@@H](O)CC(F)(F)F)C1=O. The Kier molecular flexibility index (Phi) is 4.28. The van der Waals surface area contributed by atoms with Gasteiger partial charge in [0.15, 0.2) is 0 Å². The molecule has 0 radical (unpaired) electrons. The molecule has 2 rings (SSSR count). The second kappa shape index (κ2) is 5.72. The summed E-state index contributed by atoms with van der Waals surface area (Å²) in [6.07, 6.45) is -7.93. The first-order valence-electron chi connectivity index (χ1n) is 6.78. The lowest BCUT2D eigenvalue weighted by Crippen LogP contribution is -2.41. The molecule has 0 aromatic heterocycles. The number of imide groups is 1. The standard InChI is InChI=1S/C15H16F3NO3/c1-14(10-5-3-2-4-6-10)8-12(21)19(13(14)22)9-11(20)7-15(16,17)18/h2-6,11,20H,7-9H2,1H3/t11-,14+/m0/s1. The van der Waals surface area contributed by atoms with E-state index in [0.29, 0.717) is 5.56 Å². The van der Waals surface area contributed by atoms with Gasteiger partial charge in [-0.2, -0.15) is 13.2 Å². The molecule has 22 heavy (non-hydrogen) atoms. The van der Waals surface area contributed by atoms with Gasteiger partial charge in [-0.25, -0.2) is 0 Å². The molecule has 0 bridgehead atoms. The van der Waals surface area contributed by atoms with E-state index in [2.05, 4.69) is 0 Å². The molecule has 1 aromatic rings. The third-order valence-electron chi connectivity index (χ3n) is 3.79. The van der Waals surface area contributed by atoms with Gasteiger partial charge in [0.25, 0.3) is 0 Å². The third kappa shape index (κ3) is 3.30. The van der Waals surface area contributed by atoms with Gasteiger partial charge in [-0.3, -0.25) is 14.5 Å². The predicted molar refractivity (Wildman–Crippen MR) is 71.8 cm³/mol. The fourth-order valence-corrected chi connectivity index (χ4v) is 2.64. The fourth-order valence-electron chi connectivity index (χ4n) is 2.64. The number of carbonyl (C=O) groups is 2. The lowest BCUT2D eigenvalue weighted by Gasteiger charge is -2.24. The molecular formula is C15H16F3NO3. The number of alkyl halides is 3. The first-order valence-corrected chi connectivity index (χ1v) is 6.78. The maximum Gasteiger partial charge on any atom is 0.391 e. The van der Waals surface area contributed by atoms with Gasteiger partial charge in [0, 0.05) is 6.42 Å². The lowest BCUT2D eigenvalue weighted by atomic mass is 9.81. The van der Waals surface area contributed by atoms with Crippen LogP contribution in [-0.2, 0) is 15.0 Å². The Balaban J connectivity index is 2.16. The van der Waals surface area contributed by atoms with Gasteiger partial charge in [0.05, 0.1) is 24.5 Å². The van der Waals surface area contributed by atoms with E-state index in [9.17, 15) is 27.9 Å². The normalized spacial score (nSPS) is 24.0. The molecule has 120 valence electrons. The maximum atomic E-state index is 12.5. The van der Waals surface area contributed by atoms with E-state index >= 15 is 0 Å². The van der Waals surface area contributed by atoms with Crippen molar-refractivity contribution in [1.82, 2.24) is 4.90 Å². The molecule has 7 heteroatoms. The van der Waals surface area contributed by atoms with Crippen LogP contribution < -0.4 is 0 Å². The molecule has 0 unspecified atom stereocenters. The van der Waals surface area contributed by atoms with Crippen LogP contribution in [0.1, 0.15) is 25.3 Å². The topological polar surface area (TPSA) is 57.6 Å². The van der Waals surface area contributed by atoms with E-state index in [1.54, 1.807) is 37.3 Å². The van der Waals surface area contributed by atoms with Crippen molar-refractivity contribution in [3.05, 3.63) is 35.9 Å². The van der Waals surface area contributed by atoms with Gasteiger partial charge in [0.1, 0.15) is 0 Å². The summed E-state index contributed by atoms with van der Waals surface area (Å²) in [6, 6.07) is 8.60. The van der Waals surface area contributed by atoms with E-state index < -0.39 is 42.5 Å². The molecule has 1 saturated heterocycles. The highest BCUT2D eigenvalue weighted by molar-refractivity contribution is 6.08. The number of halogens is 3. The monoisotopic (exact) mass is 315 g/mol. The molecule has 1 aliphatic heterocycles. The van der Waals surface area contributed by atoms with Crippen LogP contribution in [0.3, 0.4) is 0 Å². The van der Waals surface area contributed by atoms with Crippen LogP contribution in [0.25, 0.3) is 0 Å². The van der Waals surface area contributed by atoms with Crippen molar-refractivity contribution in [2.45, 2.75) is 37.5 Å². The number of likely N-dealkylation sites (tertiary alicyclic amines) is 1. The molecule has 1 aromatic carbocycles. The zero-order valence-electron chi connectivity index (χ0n) is 11.9. The predicted octanol–water partition coefficient (Wildman–Crippen LogP) is 2.02. The number of aliphatic hydroxyl groups excluding tert-OH is 1. The van der Waals surface area contributed by atoms with Crippen molar-refractivity contribution in [2.24, 2.45) is 0 Å². The zero-order valence-corrected chi connectivity index (χ0v) is 11.9. The Hall–Kier alpha value is -1.89. The van der Waals surface area contributed by atoms with Crippen LogP contribution in [-0.4, -0.2) is 40.6 Å². The van der Waals surface area contributed by atoms with Gasteiger partial charge in [-0.15, -0.1) is 0 Å². The third-order valence-corrected chi connectivity index (χ3v) is 3.79.